The highest BCUT2D eigenvalue weighted by atomic mass is 79.9. The lowest BCUT2D eigenvalue weighted by Crippen LogP contribution is -2.33. The van der Waals surface area contributed by atoms with Crippen LogP contribution in [0.2, 0.25) is 0 Å². The van der Waals surface area contributed by atoms with Crippen LogP contribution in [0.15, 0.2) is 57.9 Å². The number of halogens is 1. The van der Waals surface area contributed by atoms with Crippen LogP contribution >= 0.6 is 27.7 Å². The number of carbonyl (C=O) groups excluding carboxylic acids is 2. The standard InChI is InChI=1S/C18H15BrN2O3S/c1-24-15-7-5-12(6-8-15)9-16-17(22)21(18(23)25-16)11-20-14-4-2-3-13(19)10-14/h2-10,20H,11H2,1H3/b16-9-. The van der Waals surface area contributed by atoms with E-state index in [1.807, 2.05) is 48.5 Å². The molecule has 0 bridgehead atoms. The smallest absolute Gasteiger partial charge is 0.295 e. The highest BCUT2D eigenvalue weighted by Crippen LogP contribution is 2.32. The van der Waals surface area contributed by atoms with Gasteiger partial charge in [-0.3, -0.25) is 14.5 Å². The van der Waals surface area contributed by atoms with Gasteiger partial charge in [0.15, 0.2) is 0 Å². The first-order valence-electron chi connectivity index (χ1n) is 7.45. The van der Waals surface area contributed by atoms with Crippen LogP contribution in [0.5, 0.6) is 5.75 Å². The highest BCUT2D eigenvalue weighted by Gasteiger charge is 2.34. The van der Waals surface area contributed by atoms with E-state index in [1.54, 1.807) is 13.2 Å². The quantitative estimate of drug-likeness (QED) is 0.720. The zero-order valence-electron chi connectivity index (χ0n) is 13.4. The van der Waals surface area contributed by atoms with Gasteiger partial charge in [-0.25, -0.2) is 0 Å². The third kappa shape index (κ3) is 4.24. The first-order chi connectivity index (χ1) is 12.1. The van der Waals surface area contributed by atoms with Crippen molar-refractivity contribution in [3.8, 4) is 5.75 Å². The van der Waals surface area contributed by atoms with Gasteiger partial charge in [0.25, 0.3) is 11.1 Å². The maximum absolute atomic E-state index is 12.5. The number of nitrogens with one attached hydrogen (secondary N) is 1. The van der Waals surface area contributed by atoms with E-state index < -0.39 is 0 Å². The predicted molar refractivity (Wildman–Crippen MR) is 103 cm³/mol. The van der Waals surface area contributed by atoms with E-state index in [2.05, 4.69) is 21.2 Å². The fraction of sp³-hybridized carbons (Fsp3) is 0.111. The summed E-state index contributed by atoms with van der Waals surface area (Å²) in [5, 5.41) is 2.80. The molecule has 1 N–H and O–H groups in total. The Hall–Kier alpha value is -2.25. The Balaban J connectivity index is 1.69. The van der Waals surface area contributed by atoms with Crippen LogP contribution < -0.4 is 10.1 Å². The minimum absolute atomic E-state index is 0.126. The molecule has 7 heteroatoms. The van der Waals surface area contributed by atoms with Gasteiger partial charge in [0.05, 0.1) is 18.7 Å². The van der Waals surface area contributed by atoms with E-state index >= 15 is 0 Å². The van der Waals surface area contributed by atoms with Gasteiger partial charge in [0.1, 0.15) is 5.75 Å². The van der Waals surface area contributed by atoms with Gasteiger partial charge in [0.2, 0.25) is 0 Å². The number of hydrogen-bond acceptors (Lipinski definition) is 5. The van der Waals surface area contributed by atoms with Crippen molar-refractivity contribution in [1.82, 2.24) is 4.90 Å². The summed E-state index contributed by atoms with van der Waals surface area (Å²) in [5.41, 5.74) is 1.67. The molecule has 25 heavy (non-hydrogen) atoms. The molecule has 1 aliphatic heterocycles. The van der Waals surface area contributed by atoms with Crippen LogP contribution in [-0.2, 0) is 4.79 Å². The fourth-order valence-corrected chi connectivity index (χ4v) is 3.49. The molecule has 0 saturated carbocycles. The molecule has 1 saturated heterocycles. The molecule has 1 fully saturated rings. The molecule has 2 aromatic carbocycles. The minimum atomic E-state index is -0.298. The molecular formula is C18H15BrN2O3S. The van der Waals surface area contributed by atoms with Crippen LogP contribution in [0.25, 0.3) is 6.08 Å². The van der Waals surface area contributed by atoms with Gasteiger partial charge < -0.3 is 10.1 Å². The summed E-state index contributed by atoms with van der Waals surface area (Å²) in [5.74, 6) is 0.441. The number of methoxy groups -OCH3 is 1. The number of ether oxygens (including phenoxy) is 1. The number of rotatable bonds is 5. The molecule has 2 amide bonds. The Kier molecular flexibility index (Phi) is 5.45. The Morgan fingerprint density at radius 3 is 2.64 bits per heavy atom. The van der Waals surface area contributed by atoms with Gasteiger partial charge >= 0.3 is 0 Å². The largest absolute Gasteiger partial charge is 0.497 e. The van der Waals surface area contributed by atoms with Crippen LogP contribution in [-0.4, -0.2) is 29.8 Å². The zero-order valence-corrected chi connectivity index (χ0v) is 15.8. The molecule has 1 aliphatic rings. The van der Waals surface area contributed by atoms with Gasteiger partial charge in [-0.05, 0) is 53.7 Å². The predicted octanol–water partition coefficient (Wildman–Crippen LogP) is 4.56. The maximum Gasteiger partial charge on any atom is 0.295 e. The molecule has 5 nitrogen and oxygen atoms in total. The lowest BCUT2D eigenvalue weighted by molar-refractivity contribution is -0.122. The molecule has 0 atom stereocenters. The first-order valence-corrected chi connectivity index (χ1v) is 9.06. The lowest BCUT2D eigenvalue weighted by atomic mass is 10.2. The summed E-state index contributed by atoms with van der Waals surface area (Å²) in [6, 6.07) is 14.8. The third-order valence-electron chi connectivity index (χ3n) is 3.55. The molecular weight excluding hydrogens is 404 g/mol. The second kappa shape index (κ2) is 7.76. The van der Waals surface area contributed by atoms with E-state index in [0.29, 0.717) is 4.91 Å². The number of imide groups is 1. The summed E-state index contributed by atoms with van der Waals surface area (Å²) >= 11 is 4.33. The summed E-state index contributed by atoms with van der Waals surface area (Å²) in [6.07, 6.45) is 1.71. The maximum atomic E-state index is 12.5. The van der Waals surface area contributed by atoms with Crippen LogP contribution in [0.3, 0.4) is 0 Å². The van der Waals surface area contributed by atoms with Crippen molar-refractivity contribution >= 4 is 50.6 Å². The fourth-order valence-electron chi connectivity index (χ4n) is 2.26. The lowest BCUT2D eigenvalue weighted by Gasteiger charge is -2.14. The molecule has 3 rings (SSSR count). The second-order valence-corrected chi connectivity index (χ2v) is 7.14. The molecule has 0 radical (unpaired) electrons. The average Bonchev–Trinajstić information content (AvgIpc) is 2.87. The van der Waals surface area contributed by atoms with Crippen molar-refractivity contribution in [2.45, 2.75) is 0 Å². The number of benzene rings is 2. The van der Waals surface area contributed by atoms with Crippen molar-refractivity contribution in [2.75, 3.05) is 19.1 Å². The monoisotopic (exact) mass is 418 g/mol. The molecule has 0 aromatic heterocycles. The van der Waals surface area contributed by atoms with E-state index in [1.165, 1.54) is 4.90 Å². The molecule has 128 valence electrons. The Labute approximate surface area is 158 Å². The summed E-state index contributed by atoms with van der Waals surface area (Å²) in [6.45, 7) is 0.126. The molecule has 2 aromatic rings. The first kappa shape index (κ1) is 17.6. The zero-order chi connectivity index (χ0) is 17.8. The van der Waals surface area contributed by atoms with E-state index in [4.69, 9.17) is 4.74 Å². The van der Waals surface area contributed by atoms with Crippen LogP contribution in [0.1, 0.15) is 5.56 Å². The van der Waals surface area contributed by atoms with Crippen molar-refractivity contribution in [1.29, 1.82) is 0 Å². The molecule has 0 aliphatic carbocycles. The Bertz CT molecular complexity index is 836. The number of thioether (sulfide) groups is 1. The van der Waals surface area contributed by atoms with E-state index in [9.17, 15) is 9.59 Å². The molecule has 1 heterocycles. The number of amides is 2. The Morgan fingerprint density at radius 1 is 1.20 bits per heavy atom. The van der Waals surface area contributed by atoms with Gasteiger partial charge in [0, 0.05) is 10.2 Å². The van der Waals surface area contributed by atoms with E-state index in [0.717, 1.165) is 33.2 Å². The number of nitrogens with zero attached hydrogens (tertiary/aromatic N) is 1. The van der Waals surface area contributed by atoms with Gasteiger partial charge in [-0.15, -0.1) is 0 Å². The Morgan fingerprint density at radius 2 is 1.96 bits per heavy atom. The third-order valence-corrected chi connectivity index (χ3v) is 4.95. The number of anilines is 1. The van der Waals surface area contributed by atoms with E-state index in [-0.39, 0.29) is 17.8 Å². The SMILES string of the molecule is COc1ccc(/C=C2\SC(=O)N(CNc3cccc(Br)c3)C2=O)cc1. The minimum Gasteiger partial charge on any atom is -0.497 e. The summed E-state index contributed by atoms with van der Waals surface area (Å²) < 4.78 is 6.03. The molecule has 0 spiro atoms. The topological polar surface area (TPSA) is 58.6 Å². The van der Waals surface area contributed by atoms with Crippen molar-refractivity contribution in [3.05, 3.63) is 63.5 Å². The number of hydrogen-bond donors (Lipinski definition) is 1. The van der Waals surface area contributed by atoms with Crippen molar-refractivity contribution in [2.24, 2.45) is 0 Å². The molecule has 0 unspecified atom stereocenters. The number of carbonyl (C=O) groups is 2. The van der Waals surface area contributed by atoms with Crippen LogP contribution in [0.4, 0.5) is 10.5 Å². The van der Waals surface area contributed by atoms with Crippen molar-refractivity contribution in [3.63, 3.8) is 0 Å². The van der Waals surface area contributed by atoms with Gasteiger partial charge in [-0.2, -0.15) is 0 Å². The normalized spacial score (nSPS) is 15.8. The van der Waals surface area contributed by atoms with Gasteiger partial charge in [-0.1, -0.05) is 34.1 Å². The van der Waals surface area contributed by atoms with Crippen molar-refractivity contribution < 1.29 is 14.3 Å². The average molecular weight is 419 g/mol. The second-order valence-electron chi connectivity index (χ2n) is 5.23. The van der Waals surface area contributed by atoms with Crippen LogP contribution in [0, 0.1) is 0 Å². The summed E-state index contributed by atoms with van der Waals surface area (Å²) in [7, 11) is 1.60. The summed E-state index contributed by atoms with van der Waals surface area (Å²) in [4.78, 5) is 26.2. The highest BCUT2D eigenvalue weighted by molar-refractivity contribution is 9.10.